The van der Waals surface area contributed by atoms with Crippen LogP contribution in [0.4, 0.5) is 0 Å². The van der Waals surface area contributed by atoms with Gasteiger partial charge in [0, 0.05) is 11.8 Å². The first-order valence-corrected chi connectivity index (χ1v) is 7.78. The van der Waals surface area contributed by atoms with Gasteiger partial charge in [0.25, 0.3) is 0 Å². The molecule has 0 amide bonds. The normalized spacial score (nSPS) is 11.6. The van der Waals surface area contributed by atoms with E-state index in [2.05, 4.69) is 6.92 Å². The number of carbonyl (C=O) groups excluding carboxylic acids is 1. The van der Waals surface area contributed by atoms with Crippen molar-refractivity contribution in [3.8, 4) is 0 Å². The van der Waals surface area contributed by atoms with E-state index in [0.717, 1.165) is 12.8 Å². The number of hydrogen-bond donors (Lipinski definition) is 1. The van der Waals surface area contributed by atoms with Gasteiger partial charge in [-0.25, -0.2) is 0 Å². The third-order valence-electron chi connectivity index (χ3n) is 3.29. The monoisotopic (exact) mass is 272 g/mol. The first kappa shape index (κ1) is 18.4. The molecule has 0 aromatic carbocycles. The minimum absolute atomic E-state index is 0.0397. The fourth-order valence-corrected chi connectivity index (χ4v) is 1.80. The molecule has 0 aromatic rings. The zero-order valence-electron chi connectivity index (χ0n) is 13.0. The molecular formula is C16H32O3. The fraction of sp³-hybridized carbons (Fsp3) is 0.938. The van der Waals surface area contributed by atoms with Gasteiger partial charge >= 0.3 is 5.97 Å². The average molecular weight is 272 g/mol. The zero-order chi connectivity index (χ0) is 14.6. The average Bonchev–Trinajstić information content (AvgIpc) is 2.39. The van der Waals surface area contributed by atoms with Gasteiger partial charge in [0.1, 0.15) is 0 Å². The molecule has 0 fully saturated rings. The van der Waals surface area contributed by atoms with Crippen LogP contribution in [0.1, 0.15) is 78.6 Å². The van der Waals surface area contributed by atoms with Gasteiger partial charge in [-0.1, -0.05) is 65.7 Å². The van der Waals surface area contributed by atoms with Crippen LogP contribution in [0.5, 0.6) is 0 Å². The van der Waals surface area contributed by atoms with E-state index in [-0.39, 0.29) is 18.0 Å². The van der Waals surface area contributed by atoms with Crippen LogP contribution in [-0.4, -0.2) is 24.3 Å². The van der Waals surface area contributed by atoms with Crippen LogP contribution >= 0.6 is 0 Å². The number of rotatable bonds is 12. The molecule has 0 aliphatic rings. The molecule has 3 heteroatoms. The molecule has 0 heterocycles. The van der Waals surface area contributed by atoms with E-state index < -0.39 is 0 Å². The Hall–Kier alpha value is -0.570. The summed E-state index contributed by atoms with van der Waals surface area (Å²) >= 11 is 0. The summed E-state index contributed by atoms with van der Waals surface area (Å²) in [5.74, 6) is -0.132. The maximum absolute atomic E-state index is 11.5. The lowest BCUT2D eigenvalue weighted by Gasteiger charge is -2.20. The van der Waals surface area contributed by atoms with Crippen molar-refractivity contribution < 1.29 is 14.6 Å². The maximum Gasteiger partial charge on any atom is 0.305 e. The largest absolute Gasteiger partial charge is 0.465 e. The molecule has 0 aliphatic heterocycles. The molecule has 114 valence electrons. The van der Waals surface area contributed by atoms with E-state index in [1.54, 1.807) is 0 Å². The van der Waals surface area contributed by atoms with Crippen LogP contribution in [0.2, 0.25) is 0 Å². The smallest absolute Gasteiger partial charge is 0.305 e. The highest BCUT2D eigenvalue weighted by molar-refractivity contribution is 5.69. The number of hydrogen-bond acceptors (Lipinski definition) is 3. The summed E-state index contributed by atoms with van der Waals surface area (Å²) < 4.78 is 5.16. The van der Waals surface area contributed by atoms with Gasteiger partial charge in [-0.05, 0) is 6.42 Å². The number of esters is 1. The maximum atomic E-state index is 11.5. The van der Waals surface area contributed by atoms with Crippen LogP contribution in [0, 0.1) is 5.41 Å². The Bertz CT molecular complexity index is 224. The number of aliphatic hydroxyl groups is 1. The van der Waals surface area contributed by atoms with Gasteiger partial charge in [-0.15, -0.1) is 0 Å². The Balaban J connectivity index is 3.34. The molecule has 0 aliphatic carbocycles. The van der Waals surface area contributed by atoms with Crippen LogP contribution in [-0.2, 0) is 9.53 Å². The molecule has 0 unspecified atom stereocenters. The first-order valence-electron chi connectivity index (χ1n) is 7.78. The summed E-state index contributed by atoms with van der Waals surface area (Å²) in [5, 5.41) is 9.05. The molecule has 0 saturated carbocycles. The molecule has 1 N–H and O–H groups in total. The SMILES string of the molecule is CCCCCCCCCCC(=O)OCC(C)(C)CO. The van der Waals surface area contributed by atoms with E-state index in [1.165, 1.54) is 38.5 Å². The second-order valence-electron chi connectivity index (χ2n) is 6.21. The molecule has 3 nitrogen and oxygen atoms in total. The second kappa shape index (κ2) is 11.3. The lowest BCUT2D eigenvalue weighted by molar-refractivity contribution is -0.147. The Kier molecular flexibility index (Phi) is 10.9. The van der Waals surface area contributed by atoms with Crippen molar-refractivity contribution in [3.63, 3.8) is 0 Å². The number of aliphatic hydroxyl groups excluding tert-OH is 1. The van der Waals surface area contributed by atoms with E-state index in [4.69, 9.17) is 9.84 Å². The molecule has 0 spiro atoms. The van der Waals surface area contributed by atoms with E-state index in [9.17, 15) is 4.79 Å². The van der Waals surface area contributed by atoms with Crippen LogP contribution in [0.3, 0.4) is 0 Å². The zero-order valence-corrected chi connectivity index (χ0v) is 13.0. The molecule has 0 radical (unpaired) electrons. The fourth-order valence-electron chi connectivity index (χ4n) is 1.80. The topological polar surface area (TPSA) is 46.5 Å². The molecule has 0 saturated heterocycles. The van der Waals surface area contributed by atoms with E-state index in [0.29, 0.717) is 13.0 Å². The summed E-state index contributed by atoms with van der Waals surface area (Å²) in [7, 11) is 0. The van der Waals surface area contributed by atoms with Gasteiger partial charge in [-0.2, -0.15) is 0 Å². The Morgan fingerprint density at radius 3 is 2.05 bits per heavy atom. The lowest BCUT2D eigenvalue weighted by atomic mass is 9.96. The highest BCUT2D eigenvalue weighted by atomic mass is 16.5. The lowest BCUT2D eigenvalue weighted by Crippen LogP contribution is -2.25. The predicted molar refractivity (Wildman–Crippen MR) is 79.1 cm³/mol. The summed E-state index contributed by atoms with van der Waals surface area (Å²) in [5.41, 5.74) is -0.324. The van der Waals surface area contributed by atoms with E-state index >= 15 is 0 Å². The van der Waals surface area contributed by atoms with Crippen LogP contribution < -0.4 is 0 Å². The van der Waals surface area contributed by atoms with Gasteiger partial charge in [0.05, 0.1) is 13.2 Å². The van der Waals surface area contributed by atoms with Gasteiger partial charge in [-0.3, -0.25) is 4.79 Å². The number of ether oxygens (including phenoxy) is 1. The van der Waals surface area contributed by atoms with Gasteiger partial charge in [0.2, 0.25) is 0 Å². The second-order valence-corrected chi connectivity index (χ2v) is 6.21. The number of carbonyl (C=O) groups is 1. The summed E-state index contributed by atoms with van der Waals surface area (Å²) in [6, 6.07) is 0. The Labute approximate surface area is 118 Å². The number of unbranched alkanes of at least 4 members (excludes halogenated alkanes) is 7. The quantitative estimate of drug-likeness (QED) is 0.430. The van der Waals surface area contributed by atoms with Crippen molar-refractivity contribution in [1.29, 1.82) is 0 Å². The van der Waals surface area contributed by atoms with Gasteiger partial charge < -0.3 is 9.84 Å². The summed E-state index contributed by atoms with van der Waals surface area (Å²) in [4.78, 5) is 11.5. The molecular weight excluding hydrogens is 240 g/mol. The Morgan fingerprint density at radius 2 is 1.53 bits per heavy atom. The van der Waals surface area contributed by atoms with Crippen LogP contribution in [0.15, 0.2) is 0 Å². The first-order chi connectivity index (χ1) is 9.02. The van der Waals surface area contributed by atoms with Crippen molar-refractivity contribution in [3.05, 3.63) is 0 Å². The van der Waals surface area contributed by atoms with Crippen molar-refractivity contribution >= 4 is 5.97 Å². The highest BCUT2D eigenvalue weighted by Gasteiger charge is 2.18. The van der Waals surface area contributed by atoms with Gasteiger partial charge in [0.15, 0.2) is 0 Å². The third kappa shape index (κ3) is 12.2. The minimum Gasteiger partial charge on any atom is -0.465 e. The van der Waals surface area contributed by atoms with Crippen molar-refractivity contribution in [1.82, 2.24) is 0 Å². The predicted octanol–water partition coefficient (Wildman–Crippen LogP) is 4.08. The molecule has 0 bridgehead atoms. The van der Waals surface area contributed by atoms with Crippen molar-refractivity contribution in [2.45, 2.75) is 78.6 Å². The molecule has 0 atom stereocenters. The summed E-state index contributed by atoms with van der Waals surface area (Å²) in [6.45, 7) is 6.34. The van der Waals surface area contributed by atoms with E-state index in [1.807, 2.05) is 13.8 Å². The highest BCUT2D eigenvalue weighted by Crippen LogP contribution is 2.15. The van der Waals surface area contributed by atoms with Crippen molar-refractivity contribution in [2.75, 3.05) is 13.2 Å². The molecule has 0 rings (SSSR count). The standard InChI is InChI=1S/C16H32O3/c1-4-5-6-7-8-9-10-11-12-15(18)19-14-16(2,3)13-17/h17H,4-14H2,1-3H3. The van der Waals surface area contributed by atoms with Crippen LogP contribution in [0.25, 0.3) is 0 Å². The minimum atomic E-state index is -0.324. The molecule has 0 aromatic heterocycles. The molecule has 19 heavy (non-hydrogen) atoms. The Morgan fingerprint density at radius 1 is 1.00 bits per heavy atom. The third-order valence-corrected chi connectivity index (χ3v) is 3.29. The summed E-state index contributed by atoms with van der Waals surface area (Å²) in [6.07, 6.45) is 10.3. The van der Waals surface area contributed by atoms with Crippen molar-refractivity contribution in [2.24, 2.45) is 5.41 Å².